The lowest BCUT2D eigenvalue weighted by molar-refractivity contribution is 0.0476. The zero-order valence-electron chi connectivity index (χ0n) is 16.1. The number of hydrogen-bond donors (Lipinski definition) is 4. The highest BCUT2D eigenvalue weighted by Crippen LogP contribution is 2.31. The Balaban J connectivity index is 2.24. The van der Waals surface area contributed by atoms with Crippen molar-refractivity contribution in [1.29, 1.82) is 0 Å². The molecule has 7 nitrogen and oxygen atoms in total. The number of carbonyl (C=O) groups is 1. The Hall–Kier alpha value is -2.09. The van der Waals surface area contributed by atoms with Crippen LogP contribution in [0.15, 0.2) is 18.2 Å². The first kappa shape index (κ1) is 20.2. The fourth-order valence-corrected chi connectivity index (χ4v) is 2.54. The Labute approximate surface area is 154 Å². The van der Waals surface area contributed by atoms with Crippen molar-refractivity contribution in [2.45, 2.75) is 32.4 Å². The van der Waals surface area contributed by atoms with Gasteiger partial charge in [-0.1, -0.05) is 6.07 Å². The number of hydrogen-bond acceptors (Lipinski definition) is 6. The van der Waals surface area contributed by atoms with Gasteiger partial charge >= 0.3 is 5.97 Å². The molecule has 0 amide bonds. The lowest BCUT2D eigenvalue weighted by Gasteiger charge is -2.23. The topological polar surface area (TPSA) is 97.8 Å². The number of ether oxygens (including phenoxy) is 1. The van der Waals surface area contributed by atoms with Crippen LogP contribution in [-0.4, -0.2) is 65.4 Å². The first-order valence-corrected chi connectivity index (χ1v) is 8.68. The molecule has 1 aromatic heterocycles. The molecular weight excluding hydrogens is 334 g/mol. The molecule has 1 heterocycles. The van der Waals surface area contributed by atoms with Crippen molar-refractivity contribution in [3.63, 3.8) is 0 Å². The molecule has 0 aliphatic carbocycles. The number of aromatic hydroxyl groups is 1. The van der Waals surface area contributed by atoms with Gasteiger partial charge in [-0.2, -0.15) is 0 Å². The Bertz CT molecular complexity index is 762. The summed E-state index contributed by atoms with van der Waals surface area (Å²) in [5.74, 6) is -0.470. The number of aliphatic hydroxyl groups excluding tert-OH is 1. The molecule has 0 spiro atoms. The van der Waals surface area contributed by atoms with Crippen molar-refractivity contribution in [3.05, 3.63) is 29.5 Å². The number of aromatic nitrogens is 1. The van der Waals surface area contributed by atoms with Crippen LogP contribution in [-0.2, 0) is 4.74 Å². The van der Waals surface area contributed by atoms with Crippen molar-refractivity contribution in [2.24, 2.45) is 0 Å². The minimum atomic E-state index is -0.772. The van der Waals surface area contributed by atoms with E-state index in [1.807, 2.05) is 39.8 Å². The molecule has 0 aliphatic rings. The van der Waals surface area contributed by atoms with E-state index in [-0.39, 0.29) is 23.6 Å². The smallest absolute Gasteiger partial charge is 0.354 e. The lowest BCUT2D eigenvalue weighted by atomic mass is 10.0. The van der Waals surface area contributed by atoms with Crippen molar-refractivity contribution in [1.82, 2.24) is 15.2 Å². The number of phenols is 1. The SMILES string of the molecule is CN(C)CCOC(=O)c1cc2c(C(O)CNC(C)(C)C)ccc(O)c2[nH]1. The zero-order chi connectivity index (χ0) is 19.5. The number of benzene rings is 1. The van der Waals surface area contributed by atoms with E-state index in [0.29, 0.717) is 29.6 Å². The van der Waals surface area contributed by atoms with E-state index in [1.54, 1.807) is 12.1 Å². The molecular formula is C19H29N3O4. The fourth-order valence-electron chi connectivity index (χ4n) is 2.54. The minimum absolute atomic E-state index is 0.0204. The number of fused-ring (bicyclic) bond motifs is 1. The molecule has 4 N–H and O–H groups in total. The Morgan fingerprint density at radius 1 is 1.35 bits per heavy atom. The first-order chi connectivity index (χ1) is 12.1. The van der Waals surface area contributed by atoms with Crippen molar-refractivity contribution in [3.8, 4) is 5.75 Å². The highest BCUT2D eigenvalue weighted by Gasteiger charge is 2.20. The summed E-state index contributed by atoms with van der Waals surface area (Å²) >= 11 is 0. The van der Waals surface area contributed by atoms with Gasteiger partial charge in [-0.3, -0.25) is 0 Å². The molecule has 1 atom stereocenters. The quantitative estimate of drug-likeness (QED) is 0.562. The van der Waals surface area contributed by atoms with E-state index in [9.17, 15) is 15.0 Å². The number of β-amino-alcohol motifs (C(OH)–C–C–N with tert-alkyl or cyclic N) is 1. The molecule has 1 aromatic carbocycles. The van der Waals surface area contributed by atoms with Gasteiger partial charge in [-0.15, -0.1) is 0 Å². The summed E-state index contributed by atoms with van der Waals surface area (Å²) in [5.41, 5.74) is 1.17. The largest absolute Gasteiger partial charge is 0.506 e. The van der Waals surface area contributed by atoms with Gasteiger partial charge in [0, 0.05) is 24.0 Å². The van der Waals surface area contributed by atoms with E-state index in [4.69, 9.17) is 4.74 Å². The van der Waals surface area contributed by atoms with Crippen LogP contribution >= 0.6 is 0 Å². The van der Waals surface area contributed by atoms with Gasteiger partial charge in [0.1, 0.15) is 18.1 Å². The van der Waals surface area contributed by atoms with E-state index in [2.05, 4.69) is 10.3 Å². The van der Waals surface area contributed by atoms with E-state index in [0.717, 1.165) is 0 Å². The minimum Gasteiger partial charge on any atom is -0.506 e. The molecule has 2 aromatic rings. The molecule has 2 rings (SSSR count). The van der Waals surface area contributed by atoms with E-state index in [1.165, 1.54) is 6.07 Å². The first-order valence-electron chi connectivity index (χ1n) is 8.68. The number of phenolic OH excluding ortho intramolecular Hbond substituents is 1. The van der Waals surface area contributed by atoms with Gasteiger partial charge in [-0.25, -0.2) is 4.79 Å². The van der Waals surface area contributed by atoms with Crippen LogP contribution in [0.2, 0.25) is 0 Å². The van der Waals surface area contributed by atoms with Gasteiger partial charge in [0.25, 0.3) is 0 Å². The molecule has 26 heavy (non-hydrogen) atoms. The number of nitrogens with zero attached hydrogens (tertiary/aromatic N) is 1. The van der Waals surface area contributed by atoms with Crippen LogP contribution in [0.3, 0.4) is 0 Å². The number of nitrogens with one attached hydrogen (secondary N) is 2. The average Bonchev–Trinajstić information content (AvgIpc) is 2.98. The predicted octanol–water partition coefficient (Wildman–Crippen LogP) is 2.01. The number of esters is 1. The van der Waals surface area contributed by atoms with E-state index >= 15 is 0 Å². The molecule has 0 radical (unpaired) electrons. The number of carbonyl (C=O) groups excluding carboxylic acids is 1. The standard InChI is InChI=1S/C19H29N3O4/c1-19(2,3)20-11-16(24)12-6-7-15(23)17-13(12)10-14(21-17)18(25)26-9-8-22(4)5/h6-7,10,16,20-21,23-24H,8-9,11H2,1-5H3. The van der Waals surface area contributed by atoms with Gasteiger partial charge in [0.2, 0.25) is 0 Å². The van der Waals surface area contributed by atoms with Gasteiger partial charge < -0.3 is 30.2 Å². The summed E-state index contributed by atoms with van der Waals surface area (Å²) in [4.78, 5) is 17.0. The van der Waals surface area contributed by atoms with Crippen LogP contribution in [0.5, 0.6) is 5.75 Å². The normalized spacial score (nSPS) is 13.3. The maximum Gasteiger partial charge on any atom is 0.354 e. The zero-order valence-corrected chi connectivity index (χ0v) is 16.1. The third-order valence-corrected chi connectivity index (χ3v) is 3.98. The Morgan fingerprint density at radius 3 is 2.65 bits per heavy atom. The maximum absolute atomic E-state index is 12.2. The molecule has 1 unspecified atom stereocenters. The van der Waals surface area contributed by atoms with Crippen LogP contribution in [0.4, 0.5) is 0 Å². The Morgan fingerprint density at radius 2 is 2.04 bits per heavy atom. The van der Waals surface area contributed by atoms with Crippen LogP contribution in [0.1, 0.15) is 42.9 Å². The van der Waals surface area contributed by atoms with Crippen LogP contribution in [0.25, 0.3) is 10.9 Å². The van der Waals surface area contributed by atoms with Gasteiger partial charge in [0.05, 0.1) is 11.6 Å². The average molecular weight is 363 g/mol. The summed E-state index contributed by atoms with van der Waals surface area (Å²) < 4.78 is 5.23. The fraction of sp³-hybridized carbons (Fsp3) is 0.526. The molecule has 0 saturated carbocycles. The maximum atomic E-state index is 12.2. The number of H-pyrrole nitrogens is 1. The predicted molar refractivity (Wildman–Crippen MR) is 102 cm³/mol. The van der Waals surface area contributed by atoms with E-state index < -0.39 is 12.1 Å². The molecule has 0 saturated heterocycles. The number of rotatable bonds is 7. The second-order valence-electron chi connectivity index (χ2n) is 7.73. The number of aliphatic hydroxyl groups is 1. The van der Waals surface area contributed by atoms with Gasteiger partial charge in [-0.05, 0) is 52.6 Å². The second-order valence-corrected chi connectivity index (χ2v) is 7.73. The highest BCUT2D eigenvalue weighted by atomic mass is 16.5. The molecule has 0 bridgehead atoms. The van der Waals surface area contributed by atoms with Crippen molar-refractivity contribution in [2.75, 3.05) is 33.8 Å². The molecule has 7 heteroatoms. The summed E-state index contributed by atoms with van der Waals surface area (Å²) in [5, 5.41) is 24.5. The number of likely N-dealkylation sites (N-methyl/N-ethyl adjacent to an activating group) is 1. The van der Waals surface area contributed by atoms with Gasteiger partial charge in [0.15, 0.2) is 0 Å². The lowest BCUT2D eigenvalue weighted by Crippen LogP contribution is -2.38. The summed E-state index contributed by atoms with van der Waals surface area (Å²) in [6.07, 6.45) is -0.772. The summed E-state index contributed by atoms with van der Waals surface area (Å²) in [6.45, 7) is 7.31. The molecule has 144 valence electrons. The van der Waals surface area contributed by atoms with Crippen LogP contribution < -0.4 is 5.32 Å². The number of aromatic amines is 1. The monoisotopic (exact) mass is 363 g/mol. The molecule has 0 fully saturated rings. The summed E-state index contributed by atoms with van der Waals surface area (Å²) in [7, 11) is 3.79. The highest BCUT2D eigenvalue weighted by molar-refractivity contribution is 5.98. The van der Waals surface area contributed by atoms with Crippen molar-refractivity contribution >= 4 is 16.9 Å². The van der Waals surface area contributed by atoms with Crippen LogP contribution in [0, 0.1) is 0 Å². The third kappa shape index (κ3) is 5.20. The Kier molecular flexibility index (Phi) is 6.28. The molecule has 0 aliphatic heterocycles. The second kappa shape index (κ2) is 8.07. The van der Waals surface area contributed by atoms with Crippen molar-refractivity contribution < 1.29 is 19.7 Å². The third-order valence-electron chi connectivity index (χ3n) is 3.98. The summed E-state index contributed by atoms with van der Waals surface area (Å²) in [6, 6.07) is 4.79.